The number of hydrogen-bond acceptors (Lipinski definition) is 9. The van der Waals surface area contributed by atoms with Crippen LogP contribution in [0.4, 0.5) is 17.2 Å². The molecule has 11 heteroatoms. The van der Waals surface area contributed by atoms with Crippen molar-refractivity contribution in [3.63, 3.8) is 0 Å². The van der Waals surface area contributed by atoms with Crippen LogP contribution in [0.5, 0.6) is 0 Å². The average molecular weight is 563 g/mol. The number of fused-ring (bicyclic) bond motifs is 1. The number of pyridine rings is 2. The van der Waals surface area contributed by atoms with E-state index >= 15 is 0 Å². The fourth-order valence-corrected chi connectivity index (χ4v) is 5.04. The summed E-state index contributed by atoms with van der Waals surface area (Å²) in [4.78, 5) is 26.2. The molecule has 0 aliphatic carbocycles. The molecule has 0 amide bonds. The van der Waals surface area contributed by atoms with Crippen molar-refractivity contribution >= 4 is 28.1 Å². The Hall–Kier alpha value is -5.29. The molecule has 1 atom stereocenters. The second-order valence-corrected chi connectivity index (χ2v) is 10.2. The fourth-order valence-electron chi connectivity index (χ4n) is 5.04. The third-order valence-electron chi connectivity index (χ3n) is 7.02. The zero-order valence-corrected chi connectivity index (χ0v) is 23.4. The first-order valence-electron chi connectivity index (χ1n) is 13.6. The molecule has 4 aromatic heterocycles. The summed E-state index contributed by atoms with van der Waals surface area (Å²) in [6.45, 7) is 3.94. The summed E-state index contributed by atoms with van der Waals surface area (Å²) >= 11 is 0. The van der Waals surface area contributed by atoms with Gasteiger partial charge in [-0.25, -0.2) is 4.98 Å². The lowest BCUT2D eigenvalue weighted by atomic mass is 10.1. The van der Waals surface area contributed by atoms with Gasteiger partial charge in [0.25, 0.3) is 11.4 Å². The minimum Gasteiger partial charge on any atom is -0.394 e. The molecule has 6 rings (SSSR count). The molecule has 3 N–H and O–H groups in total. The van der Waals surface area contributed by atoms with E-state index in [0.29, 0.717) is 34.0 Å². The molecule has 0 saturated heterocycles. The van der Waals surface area contributed by atoms with Crippen LogP contribution in [-0.2, 0) is 7.05 Å². The minimum absolute atomic E-state index is 0.0419. The molecular weight excluding hydrogens is 532 g/mol. The Labute approximate surface area is 241 Å². The maximum atomic E-state index is 12.7. The van der Waals surface area contributed by atoms with E-state index in [0.717, 1.165) is 16.8 Å². The van der Waals surface area contributed by atoms with Crippen LogP contribution >= 0.6 is 0 Å². The van der Waals surface area contributed by atoms with Crippen LogP contribution in [-0.4, -0.2) is 41.2 Å². The molecule has 4 heterocycles. The number of aliphatic hydroxyl groups excluding tert-OH is 1. The number of aliphatic hydroxyl groups is 1. The zero-order valence-electron chi connectivity index (χ0n) is 23.4. The van der Waals surface area contributed by atoms with Crippen molar-refractivity contribution in [2.45, 2.75) is 25.9 Å². The summed E-state index contributed by atoms with van der Waals surface area (Å²) in [5.41, 5.74) is 4.25. The third kappa shape index (κ3) is 5.13. The van der Waals surface area contributed by atoms with Crippen molar-refractivity contribution in [3.8, 4) is 23.0 Å². The molecule has 212 valence electrons. The van der Waals surface area contributed by atoms with E-state index in [2.05, 4.69) is 30.7 Å². The van der Waals surface area contributed by atoms with Crippen LogP contribution in [0.2, 0.25) is 0 Å². The average Bonchev–Trinajstić information content (AvgIpc) is 3.60. The Kier molecular flexibility index (Phi) is 7.24. The Morgan fingerprint density at radius 2 is 1.81 bits per heavy atom. The highest BCUT2D eigenvalue weighted by Crippen LogP contribution is 2.33. The molecule has 0 spiro atoms. The Balaban J connectivity index is 1.39. The van der Waals surface area contributed by atoms with Gasteiger partial charge in [-0.3, -0.25) is 19.1 Å². The van der Waals surface area contributed by atoms with Crippen molar-refractivity contribution in [1.82, 2.24) is 29.5 Å². The van der Waals surface area contributed by atoms with E-state index in [1.807, 2.05) is 85.3 Å². The van der Waals surface area contributed by atoms with Crippen LogP contribution < -0.4 is 16.2 Å². The first-order valence-corrected chi connectivity index (χ1v) is 13.6. The topological polar surface area (TPSA) is 136 Å². The molecule has 0 radical (unpaired) electrons. The van der Waals surface area contributed by atoms with Gasteiger partial charge in [0.15, 0.2) is 0 Å². The molecule has 6 aromatic rings. The van der Waals surface area contributed by atoms with E-state index in [1.54, 1.807) is 30.2 Å². The lowest BCUT2D eigenvalue weighted by molar-refractivity contribution is 0.276. The van der Waals surface area contributed by atoms with E-state index in [9.17, 15) is 9.90 Å². The Morgan fingerprint density at radius 1 is 1.00 bits per heavy atom. The van der Waals surface area contributed by atoms with Gasteiger partial charge < -0.3 is 20.3 Å². The fraction of sp³-hybridized carbons (Fsp3) is 0.194. The summed E-state index contributed by atoms with van der Waals surface area (Å²) in [7, 11) is 1.77. The Morgan fingerprint density at radius 3 is 2.55 bits per heavy atom. The first-order chi connectivity index (χ1) is 20.4. The second kappa shape index (κ2) is 11.3. The van der Waals surface area contributed by atoms with Gasteiger partial charge in [-0.05, 0) is 49.7 Å². The normalized spacial score (nSPS) is 12.1. The molecule has 0 aliphatic heterocycles. The number of aromatic nitrogens is 6. The maximum Gasteiger partial charge on any atom is 0.274 e. The first kappa shape index (κ1) is 26.9. The number of benzene rings is 2. The van der Waals surface area contributed by atoms with Crippen LogP contribution in [0.15, 0.2) is 94.5 Å². The van der Waals surface area contributed by atoms with E-state index < -0.39 is 6.04 Å². The van der Waals surface area contributed by atoms with Crippen molar-refractivity contribution in [2.75, 3.05) is 17.2 Å². The van der Waals surface area contributed by atoms with Gasteiger partial charge >= 0.3 is 0 Å². The number of nitrogens with zero attached hydrogens (tertiary/aromatic N) is 6. The van der Waals surface area contributed by atoms with E-state index in [1.165, 1.54) is 0 Å². The highest BCUT2D eigenvalue weighted by Gasteiger charge is 2.20. The predicted octanol–water partition coefficient (Wildman–Crippen LogP) is 5.32. The van der Waals surface area contributed by atoms with E-state index in [4.69, 9.17) is 4.52 Å². The smallest absolute Gasteiger partial charge is 0.274 e. The molecule has 0 fully saturated rings. The van der Waals surface area contributed by atoms with Crippen LogP contribution in [0, 0.1) is 0 Å². The predicted molar refractivity (Wildman–Crippen MR) is 161 cm³/mol. The standard InChI is InChI=1S/C31H30N8O3/c1-19(2)39-27-15-21(12-13-22(27)31(41)38(39)3)34-28-16-25(35-26(18-40)20-9-5-4-6-10-20)23(17-33-28)30-36-29(37-42-30)24-11-7-8-14-32-24/h4-17,19,26,40H,18H2,1-3H3,(H2,33,34,35)/t26-/m1/s1. The number of nitrogens with one attached hydrogen (secondary N) is 2. The third-order valence-corrected chi connectivity index (χ3v) is 7.02. The van der Waals surface area contributed by atoms with Gasteiger partial charge in [0, 0.05) is 37.2 Å². The number of rotatable bonds is 9. The molecule has 42 heavy (non-hydrogen) atoms. The summed E-state index contributed by atoms with van der Waals surface area (Å²) in [6.07, 6.45) is 3.31. The lowest BCUT2D eigenvalue weighted by Gasteiger charge is -2.20. The molecule has 0 bridgehead atoms. The van der Waals surface area contributed by atoms with Gasteiger partial charge in [0.05, 0.1) is 34.8 Å². The summed E-state index contributed by atoms with van der Waals surface area (Å²) in [6, 6.07) is 22.3. The molecule has 0 aliphatic rings. The van der Waals surface area contributed by atoms with Gasteiger partial charge in [-0.1, -0.05) is 41.6 Å². The number of anilines is 3. The Bertz CT molecular complexity index is 1890. The monoisotopic (exact) mass is 562 g/mol. The summed E-state index contributed by atoms with van der Waals surface area (Å²) in [5.74, 6) is 1.16. The molecular formula is C31H30N8O3. The van der Waals surface area contributed by atoms with Crippen molar-refractivity contribution < 1.29 is 9.63 Å². The SMILES string of the molecule is CC(C)n1c2cc(Nc3cc(N[C@H](CO)c4ccccc4)c(-c4nc(-c5ccccn5)no4)cn3)ccc2c(=O)n1C. The maximum absolute atomic E-state index is 12.7. The summed E-state index contributed by atoms with van der Waals surface area (Å²) in [5, 5.41) is 21.8. The van der Waals surface area contributed by atoms with E-state index in [-0.39, 0.29) is 24.1 Å². The van der Waals surface area contributed by atoms with Crippen LogP contribution in [0.25, 0.3) is 33.9 Å². The van der Waals surface area contributed by atoms with Gasteiger partial charge in [-0.15, -0.1) is 0 Å². The quantitative estimate of drug-likeness (QED) is 0.214. The highest BCUT2D eigenvalue weighted by molar-refractivity contribution is 5.84. The number of hydrogen-bond donors (Lipinski definition) is 3. The highest BCUT2D eigenvalue weighted by atomic mass is 16.5. The van der Waals surface area contributed by atoms with Gasteiger partial charge in [0.2, 0.25) is 5.82 Å². The van der Waals surface area contributed by atoms with Crippen molar-refractivity contribution in [2.24, 2.45) is 7.05 Å². The van der Waals surface area contributed by atoms with Gasteiger partial charge in [-0.2, -0.15) is 4.98 Å². The van der Waals surface area contributed by atoms with Crippen molar-refractivity contribution in [1.29, 1.82) is 0 Å². The second-order valence-electron chi connectivity index (χ2n) is 10.2. The van der Waals surface area contributed by atoms with Gasteiger partial charge in [0.1, 0.15) is 11.5 Å². The van der Waals surface area contributed by atoms with Crippen molar-refractivity contribution in [3.05, 3.63) is 101 Å². The molecule has 11 nitrogen and oxygen atoms in total. The lowest BCUT2D eigenvalue weighted by Crippen LogP contribution is -2.20. The molecule has 0 unspecified atom stereocenters. The zero-order chi connectivity index (χ0) is 29.2. The van der Waals surface area contributed by atoms with Crippen LogP contribution in [0.3, 0.4) is 0 Å². The minimum atomic E-state index is -0.403. The molecule has 0 saturated carbocycles. The summed E-state index contributed by atoms with van der Waals surface area (Å²) < 4.78 is 9.22. The molecule has 2 aromatic carbocycles. The largest absolute Gasteiger partial charge is 0.394 e. The van der Waals surface area contributed by atoms with Crippen LogP contribution in [0.1, 0.15) is 31.5 Å².